The highest BCUT2D eigenvalue weighted by molar-refractivity contribution is 5.55. The first kappa shape index (κ1) is 16.2. The van der Waals surface area contributed by atoms with E-state index in [0.717, 1.165) is 50.1 Å². The van der Waals surface area contributed by atoms with Gasteiger partial charge in [0, 0.05) is 30.9 Å². The highest BCUT2D eigenvalue weighted by atomic mass is 19.1. The zero-order valence-electron chi connectivity index (χ0n) is 13.5. The Kier molecular flexibility index (Phi) is 5.59. The van der Waals surface area contributed by atoms with Gasteiger partial charge in [-0.2, -0.15) is 0 Å². The summed E-state index contributed by atoms with van der Waals surface area (Å²) < 4.78 is 13.6. The molecule has 0 amide bonds. The smallest absolute Gasteiger partial charge is 0.123 e. The van der Waals surface area contributed by atoms with Gasteiger partial charge in [0.05, 0.1) is 0 Å². The Labute approximate surface area is 127 Å². The lowest BCUT2D eigenvalue weighted by molar-refractivity contribution is 0.337. The molecule has 2 N–H and O–H groups in total. The predicted octanol–water partition coefficient (Wildman–Crippen LogP) is 2.64. The molecule has 1 aromatic rings. The molecule has 0 aromatic heterocycles. The molecular formula is C17H28FN3. The number of hydrogen-bond donors (Lipinski definition) is 1. The molecule has 2 atom stereocenters. The Balaban J connectivity index is 2.28. The normalized spacial score (nSPS) is 22.1. The van der Waals surface area contributed by atoms with Crippen molar-refractivity contribution >= 4 is 5.69 Å². The number of benzene rings is 1. The van der Waals surface area contributed by atoms with Crippen LogP contribution in [0, 0.1) is 5.82 Å². The van der Waals surface area contributed by atoms with Crippen molar-refractivity contribution in [1.82, 2.24) is 4.90 Å². The van der Waals surface area contributed by atoms with E-state index in [2.05, 4.69) is 30.7 Å². The zero-order valence-corrected chi connectivity index (χ0v) is 13.5. The second-order valence-electron chi connectivity index (χ2n) is 6.30. The van der Waals surface area contributed by atoms with Crippen molar-refractivity contribution in [3.05, 3.63) is 29.6 Å². The van der Waals surface area contributed by atoms with E-state index >= 15 is 0 Å². The van der Waals surface area contributed by atoms with E-state index in [1.807, 2.05) is 6.07 Å². The average Bonchev–Trinajstić information content (AvgIpc) is 2.60. The molecule has 2 unspecified atom stereocenters. The van der Waals surface area contributed by atoms with Crippen molar-refractivity contribution < 1.29 is 4.39 Å². The molecule has 0 bridgehead atoms. The summed E-state index contributed by atoms with van der Waals surface area (Å²) in [7, 11) is 2.17. The zero-order chi connectivity index (χ0) is 15.4. The summed E-state index contributed by atoms with van der Waals surface area (Å²) in [5, 5.41) is 0. The number of nitrogens with two attached hydrogens (primary N) is 1. The molecule has 0 spiro atoms. The fourth-order valence-electron chi connectivity index (χ4n) is 3.15. The molecule has 118 valence electrons. The summed E-state index contributed by atoms with van der Waals surface area (Å²) in [6, 6.07) is 5.67. The van der Waals surface area contributed by atoms with E-state index in [1.54, 1.807) is 12.1 Å². The summed E-state index contributed by atoms with van der Waals surface area (Å²) in [6.45, 7) is 7.50. The monoisotopic (exact) mass is 293 g/mol. The van der Waals surface area contributed by atoms with Crippen molar-refractivity contribution in [2.45, 2.75) is 45.2 Å². The largest absolute Gasteiger partial charge is 0.367 e. The maximum Gasteiger partial charge on any atom is 0.123 e. The van der Waals surface area contributed by atoms with Gasteiger partial charge in [0.1, 0.15) is 5.82 Å². The van der Waals surface area contributed by atoms with Crippen LogP contribution in [0.4, 0.5) is 10.1 Å². The summed E-state index contributed by atoms with van der Waals surface area (Å²) in [5.74, 6) is -0.170. The Morgan fingerprint density at radius 3 is 2.86 bits per heavy atom. The lowest BCUT2D eigenvalue weighted by Crippen LogP contribution is -2.38. The SMILES string of the molecule is CCC(N)Cc1cc(F)ccc1N1CCCN(C)CC1C. The molecular weight excluding hydrogens is 265 g/mol. The van der Waals surface area contributed by atoms with Gasteiger partial charge in [-0.1, -0.05) is 6.92 Å². The van der Waals surface area contributed by atoms with Gasteiger partial charge in [-0.25, -0.2) is 4.39 Å². The second kappa shape index (κ2) is 7.23. The molecule has 1 aromatic carbocycles. The minimum absolute atomic E-state index is 0.0931. The molecule has 3 nitrogen and oxygen atoms in total. The van der Waals surface area contributed by atoms with Gasteiger partial charge in [0.25, 0.3) is 0 Å². The van der Waals surface area contributed by atoms with Gasteiger partial charge < -0.3 is 15.5 Å². The molecule has 1 aliphatic rings. The maximum absolute atomic E-state index is 13.6. The van der Waals surface area contributed by atoms with Gasteiger partial charge in [-0.15, -0.1) is 0 Å². The first-order valence-electron chi connectivity index (χ1n) is 8.00. The van der Waals surface area contributed by atoms with E-state index < -0.39 is 0 Å². The molecule has 1 aliphatic heterocycles. The third-order valence-electron chi connectivity index (χ3n) is 4.40. The van der Waals surface area contributed by atoms with E-state index in [1.165, 1.54) is 0 Å². The van der Waals surface area contributed by atoms with Gasteiger partial charge in [-0.3, -0.25) is 0 Å². The molecule has 1 fully saturated rings. The summed E-state index contributed by atoms with van der Waals surface area (Å²) in [4.78, 5) is 4.78. The molecule has 21 heavy (non-hydrogen) atoms. The number of nitrogens with zero attached hydrogens (tertiary/aromatic N) is 2. The number of halogens is 1. The molecule has 0 radical (unpaired) electrons. The second-order valence-corrected chi connectivity index (χ2v) is 6.30. The fourth-order valence-corrected chi connectivity index (χ4v) is 3.15. The standard InChI is InChI=1S/C17H28FN3/c1-4-16(19)11-14-10-15(18)6-7-17(14)21-9-5-8-20(3)12-13(21)2/h6-7,10,13,16H,4-5,8-9,11-12,19H2,1-3H3. The number of likely N-dealkylation sites (N-methyl/N-ethyl adjacent to an activating group) is 1. The third kappa shape index (κ3) is 4.17. The average molecular weight is 293 g/mol. The van der Waals surface area contributed by atoms with Gasteiger partial charge >= 0.3 is 0 Å². The third-order valence-corrected chi connectivity index (χ3v) is 4.40. The molecule has 0 aliphatic carbocycles. The maximum atomic E-state index is 13.6. The van der Waals surface area contributed by atoms with Crippen molar-refractivity contribution in [1.29, 1.82) is 0 Å². The van der Waals surface area contributed by atoms with Crippen LogP contribution in [0.3, 0.4) is 0 Å². The molecule has 1 saturated heterocycles. The van der Waals surface area contributed by atoms with Crippen LogP contribution in [0.1, 0.15) is 32.3 Å². The van der Waals surface area contributed by atoms with Gasteiger partial charge in [0.2, 0.25) is 0 Å². The van der Waals surface area contributed by atoms with E-state index in [4.69, 9.17) is 5.73 Å². The molecule has 0 saturated carbocycles. The first-order chi connectivity index (χ1) is 10.0. The van der Waals surface area contributed by atoms with Crippen LogP contribution >= 0.6 is 0 Å². The van der Waals surface area contributed by atoms with Crippen molar-refractivity contribution in [2.24, 2.45) is 5.73 Å². The lowest BCUT2D eigenvalue weighted by Gasteiger charge is -2.32. The fraction of sp³-hybridized carbons (Fsp3) is 0.647. The minimum Gasteiger partial charge on any atom is -0.367 e. The van der Waals surface area contributed by atoms with Crippen molar-refractivity contribution in [3.63, 3.8) is 0 Å². The summed E-state index contributed by atoms with van der Waals surface area (Å²) in [6.07, 6.45) is 2.79. The van der Waals surface area contributed by atoms with Crippen molar-refractivity contribution in [3.8, 4) is 0 Å². The van der Waals surface area contributed by atoms with Crippen LogP contribution in [0.15, 0.2) is 18.2 Å². The number of rotatable bonds is 4. The first-order valence-corrected chi connectivity index (χ1v) is 8.00. The van der Waals surface area contributed by atoms with Gasteiger partial charge in [0.15, 0.2) is 0 Å². The van der Waals surface area contributed by atoms with E-state index in [0.29, 0.717) is 6.04 Å². The summed E-state index contributed by atoms with van der Waals surface area (Å²) in [5.41, 5.74) is 8.29. The molecule has 1 heterocycles. The Morgan fingerprint density at radius 2 is 2.14 bits per heavy atom. The van der Waals surface area contributed by atoms with Crippen LogP contribution in [-0.4, -0.2) is 43.7 Å². The topological polar surface area (TPSA) is 32.5 Å². The van der Waals surface area contributed by atoms with E-state index in [9.17, 15) is 4.39 Å². The van der Waals surface area contributed by atoms with Crippen LogP contribution in [0.2, 0.25) is 0 Å². The Morgan fingerprint density at radius 1 is 1.38 bits per heavy atom. The Hall–Kier alpha value is -1.13. The quantitative estimate of drug-likeness (QED) is 0.926. The van der Waals surface area contributed by atoms with Crippen LogP contribution in [-0.2, 0) is 6.42 Å². The summed E-state index contributed by atoms with van der Waals surface area (Å²) >= 11 is 0. The Bertz CT molecular complexity index is 463. The highest BCUT2D eigenvalue weighted by Crippen LogP contribution is 2.27. The van der Waals surface area contributed by atoms with Crippen molar-refractivity contribution in [2.75, 3.05) is 31.6 Å². The number of hydrogen-bond acceptors (Lipinski definition) is 3. The highest BCUT2D eigenvalue weighted by Gasteiger charge is 2.22. The number of anilines is 1. The van der Waals surface area contributed by atoms with Crippen LogP contribution < -0.4 is 10.6 Å². The van der Waals surface area contributed by atoms with E-state index in [-0.39, 0.29) is 11.9 Å². The molecule has 4 heteroatoms. The lowest BCUT2D eigenvalue weighted by atomic mass is 10.0. The van der Waals surface area contributed by atoms with Crippen LogP contribution in [0.5, 0.6) is 0 Å². The van der Waals surface area contributed by atoms with Gasteiger partial charge in [-0.05, 0) is 63.5 Å². The molecule has 2 rings (SSSR count). The minimum atomic E-state index is -0.170. The predicted molar refractivity (Wildman–Crippen MR) is 87.3 cm³/mol. The van der Waals surface area contributed by atoms with Crippen LogP contribution in [0.25, 0.3) is 0 Å².